The highest BCUT2D eigenvalue weighted by molar-refractivity contribution is 9.10. The summed E-state index contributed by atoms with van der Waals surface area (Å²) in [5, 5.41) is 0. The van der Waals surface area contributed by atoms with Crippen LogP contribution >= 0.6 is 27.7 Å². The molecular formula is C8H9BrN2O2S. The van der Waals surface area contributed by atoms with E-state index in [2.05, 4.69) is 25.9 Å². The first-order valence-electron chi connectivity index (χ1n) is 4.21. The number of nitrogens with one attached hydrogen (secondary N) is 1. The number of aromatic amines is 1. The van der Waals surface area contributed by atoms with Crippen molar-refractivity contribution in [1.29, 1.82) is 0 Å². The van der Waals surface area contributed by atoms with Gasteiger partial charge in [-0.25, -0.2) is 4.98 Å². The molecule has 1 saturated heterocycles. The van der Waals surface area contributed by atoms with Crippen molar-refractivity contribution in [2.75, 3.05) is 18.1 Å². The summed E-state index contributed by atoms with van der Waals surface area (Å²) in [6.07, 6.45) is 1.44. The Kier molecular flexibility index (Phi) is 3.25. The number of hydrogen-bond acceptors (Lipinski definition) is 4. The minimum atomic E-state index is -0.158. The first-order valence-corrected chi connectivity index (χ1v) is 6.16. The Bertz CT molecular complexity index is 376. The predicted molar refractivity (Wildman–Crippen MR) is 58.6 cm³/mol. The van der Waals surface area contributed by atoms with Crippen molar-refractivity contribution >= 4 is 27.7 Å². The molecule has 0 spiro atoms. The standard InChI is InChI=1S/C8H9BrN2O2S/c9-5-3-10-7(11-8(5)12)6-4-14-2-1-13-6/h3,6H,1-2,4H2,(H,10,11,12). The lowest BCUT2D eigenvalue weighted by molar-refractivity contribution is 0.0692. The van der Waals surface area contributed by atoms with Crippen LogP contribution in [0.1, 0.15) is 11.9 Å². The van der Waals surface area contributed by atoms with Crippen LogP contribution in [-0.4, -0.2) is 28.1 Å². The first kappa shape index (κ1) is 10.2. The maximum atomic E-state index is 11.3. The lowest BCUT2D eigenvalue weighted by Crippen LogP contribution is -2.21. The molecule has 0 saturated carbocycles. The van der Waals surface area contributed by atoms with Crippen LogP contribution in [0.3, 0.4) is 0 Å². The third-order valence-corrected chi connectivity index (χ3v) is 3.46. The summed E-state index contributed by atoms with van der Waals surface area (Å²) in [6, 6.07) is 0. The van der Waals surface area contributed by atoms with Gasteiger partial charge in [-0.1, -0.05) is 0 Å². The van der Waals surface area contributed by atoms with Crippen LogP contribution in [-0.2, 0) is 4.74 Å². The van der Waals surface area contributed by atoms with Crippen molar-refractivity contribution in [2.45, 2.75) is 6.10 Å². The fraction of sp³-hybridized carbons (Fsp3) is 0.500. The second-order valence-electron chi connectivity index (χ2n) is 2.88. The zero-order valence-electron chi connectivity index (χ0n) is 7.33. The van der Waals surface area contributed by atoms with E-state index in [-0.39, 0.29) is 11.7 Å². The van der Waals surface area contributed by atoms with Gasteiger partial charge in [0.15, 0.2) is 0 Å². The Morgan fingerprint density at radius 2 is 2.57 bits per heavy atom. The van der Waals surface area contributed by atoms with E-state index in [4.69, 9.17) is 4.74 Å². The van der Waals surface area contributed by atoms with E-state index >= 15 is 0 Å². The van der Waals surface area contributed by atoms with Crippen LogP contribution in [0.2, 0.25) is 0 Å². The van der Waals surface area contributed by atoms with E-state index in [0.29, 0.717) is 10.3 Å². The smallest absolute Gasteiger partial charge is 0.265 e. The normalized spacial score (nSPS) is 22.2. The number of nitrogens with zero attached hydrogens (tertiary/aromatic N) is 1. The molecule has 1 fully saturated rings. The summed E-state index contributed by atoms with van der Waals surface area (Å²) in [6.45, 7) is 0.717. The summed E-state index contributed by atoms with van der Waals surface area (Å²) >= 11 is 4.91. The molecule has 1 N–H and O–H groups in total. The summed E-state index contributed by atoms with van der Waals surface area (Å²) in [7, 11) is 0. The lowest BCUT2D eigenvalue weighted by Gasteiger charge is -2.20. The lowest BCUT2D eigenvalue weighted by atomic mass is 10.3. The van der Waals surface area contributed by atoms with Gasteiger partial charge in [0.2, 0.25) is 0 Å². The van der Waals surface area contributed by atoms with Crippen molar-refractivity contribution in [3.63, 3.8) is 0 Å². The Morgan fingerprint density at radius 1 is 1.71 bits per heavy atom. The quantitative estimate of drug-likeness (QED) is 0.841. The fourth-order valence-corrected chi connectivity index (χ4v) is 2.25. The molecule has 4 nitrogen and oxygen atoms in total. The highest BCUT2D eigenvalue weighted by Crippen LogP contribution is 2.23. The Morgan fingerprint density at radius 3 is 3.21 bits per heavy atom. The molecule has 1 aromatic rings. The van der Waals surface area contributed by atoms with E-state index in [1.165, 1.54) is 6.20 Å². The van der Waals surface area contributed by atoms with Gasteiger partial charge in [-0.3, -0.25) is 4.79 Å². The summed E-state index contributed by atoms with van der Waals surface area (Å²) < 4.78 is 5.94. The highest BCUT2D eigenvalue weighted by Gasteiger charge is 2.18. The molecule has 76 valence electrons. The molecule has 0 amide bonds. The molecule has 14 heavy (non-hydrogen) atoms. The van der Waals surface area contributed by atoms with Crippen LogP contribution in [0.4, 0.5) is 0 Å². The predicted octanol–water partition coefficient (Wildman–Crippen LogP) is 1.34. The number of rotatable bonds is 1. The second kappa shape index (κ2) is 4.46. The van der Waals surface area contributed by atoms with Gasteiger partial charge in [0.05, 0.1) is 6.61 Å². The molecule has 0 bridgehead atoms. The topological polar surface area (TPSA) is 55.0 Å². The van der Waals surface area contributed by atoms with Crippen LogP contribution in [0.25, 0.3) is 0 Å². The molecule has 1 unspecified atom stereocenters. The molecule has 1 atom stereocenters. The third-order valence-electron chi connectivity index (χ3n) is 1.90. The minimum Gasteiger partial charge on any atom is -0.369 e. The fourth-order valence-electron chi connectivity index (χ4n) is 1.20. The average Bonchev–Trinajstić information content (AvgIpc) is 2.23. The van der Waals surface area contributed by atoms with Crippen LogP contribution in [0.15, 0.2) is 15.5 Å². The van der Waals surface area contributed by atoms with Crippen LogP contribution in [0, 0.1) is 0 Å². The van der Waals surface area contributed by atoms with Crippen LogP contribution in [0.5, 0.6) is 0 Å². The molecule has 1 aliphatic heterocycles. The van der Waals surface area contributed by atoms with Gasteiger partial charge in [-0.05, 0) is 15.9 Å². The number of ether oxygens (including phenoxy) is 1. The van der Waals surface area contributed by atoms with E-state index in [1.54, 1.807) is 0 Å². The van der Waals surface area contributed by atoms with Crippen LogP contribution < -0.4 is 5.56 Å². The average molecular weight is 277 g/mol. The van der Waals surface area contributed by atoms with Crippen molar-refractivity contribution in [3.05, 3.63) is 26.8 Å². The monoisotopic (exact) mass is 276 g/mol. The van der Waals surface area contributed by atoms with Gasteiger partial charge in [-0.15, -0.1) is 0 Å². The Balaban J connectivity index is 2.23. The number of halogens is 1. The van der Waals surface area contributed by atoms with Crippen molar-refractivity contribution in [1.82, 2.24) is 9.97 Å². The molecular weight excluding hydrogens is 268 g/mol. The van der Waals surface area contributed by atoms with Gasteiger partial charge in [-0.2, -0.15) is 11.8 Å². The number of thioether (sulfide) groups is 1. The SMILES string of the molecule is O=c1[nH]c(C2CSCCO2)ncc1Br. The zero-order chi connectivity index (χ0) is 9.97. The van der Waals surface area contributed by atoms with Gasteiger partial charge < -0.3 is 9.72 Å². The maximum absolute atomic E-state index is 11.3. The minimum absolute atomic E-state index is 0.0745. The summed E-state index contributed by atoms with van der Waals surface area (Å²) in [5.41, 5.74) is -0.158. The van der Waals surface area contributed by atoms with Crippen molar-refractivity contribution < 1.29 is 4.74 Å². The third kappa shape index (κ3) is 2.18. The van der Waals surface area contributed by atoms with Gasteiger partial charge in [0.1, 0.15) is 16.4 Å². The molecule has 2 heterocycles. The molecule has 6 heteroatoms. The molecule has 0 aromatic carbocycles. The van der Waals surface area contributed by atoms with Gasteiger partial charge >= 0.3 is 0 Å². The molecule has 0 aliphatic carbocycles. The summed E-state index contributed by atoms with van der Waals surface area (Å²) in [5.74, 6) is 2.48. The number of H-pyrrole nitrogens is 1. The van der Waals surface area contributed by atoms with E-state index in [1.807, 2.05) is 11.8 Å². The van der Waals surface area contributed by atoms with Gasteiger partial charge in [0.25, 0.3) is 5.56 Å². The van der Waals surface area contributed by atoms with Crippen molar-refractivity contribution in [2.24, 2.45) is 0 Å². The second-order valence-corrected chi connectivity index (χ2v) is 4.88. The van der Waals surface area contributed by atoms with Crippen molar-refractivity contribution in [3.8, 4) is 0 Å². The van der Waals surface area contributed by atoms with E-state index in [0.717, 1.165) is 18.1 Å². The Hall–Kier alpha value is -0.330. The molecule has 2 rings (SSSR count). The molecule has 0 radical (unpaired) electrons. The zero-order valence-corrected chi connectivity index (χ0v) is 9.73. The van der Waals surface area contributed by atoms with E-state index in [9.17, 15) is 4.79 Å². The summed E-state index contributed by atoms with van der Waals surface area (Å²) in [4.78, 5) is 18.1. The molecule has 1 aliphatic rings. The highest BCUT2D eigenvalue weighted by atomic mass is 79.9. The van der Waals surface area contributed by atoms with E-state index < -0.39 is 0 Å². The largest absolute Gasteiger partial charge is 0.369 e. The number of aromatic nitrogens is 2. The Labute approximate surface area is 93.6 Å². The first-order chi connectivity index (χ1) is 6.77. The maximum Gasteiger partial charge on any atom is 0.265 e. The molecule has 1 aromatic heterocycles. The van der Waals surface area contributed by atoms with Gasteiger partial charge in [0, 0.05) is 17.7 Å². The number of hydrogen-bond donors (Lipinski definition) is 1.